The van der Waals surface area contributed by atoms with Gasteiger partial charge in [-0.3, -0.25) is 4.68 Å². The topological polar surface area (TPSA) is 67.1 Å². The third kappa shape index (κ3) is 2.70. The molecule has 23 heavy (non-hydrogen) atoms. The second kappa shape index (κ2) is 6.25. The first-order valence-electron chi connectivity index (χ1n) is 7.92. The lowest BCUT2D eigenvalue weighted by Gasteiger charge is -2.33. The maximum absolute atomic E-state index is 9.15. The van der Waals surface area contributed by atoms with Crippen LogP contribution >= 0.6 is 11.3 Å². The maximum atomic E-state index is 9.15. The van der Waals surface area contributed by atoms with Crippen molar-refractivity contribution in [3.8, 4) is 0 Å². The van der Waals surface area contributed by atoms with Crippen molar-refractivity contribution in [1.29, 1.82) is 0 Å². The van der Waals surface area contributed by atoms with Crippen molar-refractivity contribution < 1.29 is 5.11 Å². The third-order valence-electron chi connectivity index (χ3n) is 4.50. The minimum Gasteiger partial charge on any atom is -0.394 e. The predicted molar refractivity (Wildman–Crippen MR) is 90.9 cm³/mol. The van der Waals surface area contributed by atoms with Crippen molar-refractivity contribution in [1.82, 2.24) is 19.7 Å². The number of fused-ring (bicyclic) bond motifs is 1. The number of hydrogen-bond donors (Lipinski definition) is 1. The second-order valence-electron chi connectivity index (χ2n) is 5.80. The molecule has 6 nitrogen and oxygen atoms in total. The molecule has 0 spiro atoms. The first-order chi connectivity index (χ1) is 11.4. The van der Waals surface area contributed by atoms with Crippen LogP contribution in [-0.2, 0) is 6.54 Å². The lowest BCUT2D eigenvalue weighted by molar-refractivity contribution is 0.265. The van der Waals surface area contributed by atoms with E-state index in [1.54, 1.807) is 17.7 Å². The fraction of sp³-hybridized carbons (Fsp3) is 0.438. The summed E-state index contributed by atoms with van der Waals surface area (Å²) in [5, 5.41) is 15.5. The van der Waals surface area contributed by atoms with Gasteiger partial charge in [0.2, 0.25) is 0 Å². The Bertz CT molecular complexity index is 790. The zero-order valence-electron chi connectivity index (χ0n) is 12.8. The van der Waals surface area contributed by atoms with Gasteiger partial charge in [0.25, 0.3) is 0 Å². The number of aliphatic hydroxyl groups is 1. The van der Waals surface area contributed by atoms with E-state index < -0.39 is 0 Å². The highest BCUT2D eigenvalue weighted by atomic mass is 32.1. The molecule has 3 aromatic heterocycles. The van der Waals surface area contributed by atoms with E-state index in [4.69, 9.17) is 5.11 Å². The van der Waals surface area contributed by atoms with Gasteiger partial charge in [-0.25, -0.2) is 9.97 Å². The molecule has 0 amide bonds. The fourth-order valence-corrected chi connectivity index (χ4v) is 4.22. The molecule has 0 aromatic carbocycles. The van der Waals surface area contributed by atoms with E-state index >= 15 is 0 Å². The molecule has 1 aliphatic heterocycles. The number of aliphatic hydroxyl groups excluding tert-OH is 1. The van der Waals surface area contributed by atoms with Gasteiger partial charge in [0, 0.05) is 30.9 Å². The highest BCUT2D eigenvalue weighted by Crippen LogP contribution is 2.33. The highest BCUT2D eigenvalue weighted by molar-refractivity contribution is 7.17. The van der Waals surface area contributed by atoms with Gasteiger partial charge in [0.05, 0.1) is 23.4 Å². The smallest absolute Gasteiger partial charge is 0.150 e. The minimum absolute atomic E-state index is 0.130. The Hall–Kier alpha value is -1.99. The van der Waals surface area contributed by atoms with E-state index in [0.29, 0.717) is 12.5 Å². The van der Waals surface area contributed by atoms with Crippen molar-refractivity contribution in [3.63, 3.8) is 0 Å². The van der Waals surface area contributed by atoms with E-state index in [2.05, 4.69) is 31.4 Å². The minimum atomic E-state index is 0.130. The van der Waals surface area contributed by atoms with Crippen LogP contribution in [0, 0.1) is 0 Å². The van der Waals surface area contributed by atoms with Gasteiger partial charge >= 0.3 is 0 Å². The molecule has 1 fully saturated rings. The Morgan fingerprint density at radius 2 is 2.09 bits per heavy atom. The number of thiophene rings is 1. The largest absolute Gasteiger partial charge is 0.394 e. The van der Waals surface area contributed by atoms with Gasteiger partial charge in [0.1, 0.15) is 12.1 Å². The number of anilines is 1. The number of hydrogen-bond acceptors (Lipinski definition) is 6. The average molecular weight is 329 g/mol. The summed E-state index contributed by atoms with van der Waals surface area (Å²) in [5.74, 6) is 1.56. The second-order valence-corrected chi connectivity index (χ2v) is 6.71. The fourth-order valence-electron chi connectivity index (χ4n) is 3.36. The molecular formula is C16H19N5OS. The molecule has 4 rings (SSSR count). The van der Waals surface area contributed by atoms with Gasteiger partial charge < -0.3 is 10.0 Å². The SMILES string of the molecule is OCCn1nccc1C1CCN(c2ncnc3ccsc23)CC1. The van der Waals surface area contributed by atoms with Crippen LogP contribution in [0.25, 0.3) is 10.2 Å². The number of piperidine rings is 1. The number of rotatable bonds is 4. The quantitative estimate of drug-likeness (QED) is 0.795. The Morgan fingerprint density at radius 3 is 2.91 bits per heavy atom. The molecule has 3 aromatic rings. The van der Waals surface area contributed by atoms with Gasteiger partial charge in [-0.1, -0.05) is 0 Å². The molecule has 0 bridgehead atoms. The third-order valence-corrected chi connectivity index (χ3v) is 5.40. The Morgan fingerprint density at radius 1 is 1.22 bits per heavy atom. The average Bonchev–Trinajstić information content (AvgIpc) is 3.24. The van der Waals surface area contributed by atoms with Crippen molar-refractivity contribution in [2.75, 3.05) is 24.6 Å². The summed E-state index contributed by atoms with van der Waals surface area (Å²) in [4.78, 5) is 11.2. The van der Waals surface area contributed by atoms with Crippen LogP contribution in [0.5, 0.6) is 0 Å². The standard InChI is InChI=1S/C16H19N5OS/c22-9-8-21-14(1-5-19-21)12-2-6-20(7-3-12)16-15-13(4-10-23-15)17-11-18-16/h1,4-5,10-12,22H,2-3,6-9H2. The summed E-state index contributed by atoms with van der Waals surface area (Å²) < 4.78 is 3.11. The molecule has 1 aliphatic rings. The first kappa shape index (κ1) is 14.6. The normalized spacial score (nSPS) is 16.3. The van der Waals surface area contributed by atoms with Crippen molar-refractivity contribution in [2.24, 2.45) is 0 Å². The monoisotopic (exact) mass is 329 g/mol. The van der Waals surface area contributed by atoms with Crippen molar-refractivity contribution >= 4 is 27.4 Å². The predicted octanol–water partition coefficient (Wildman–Crippen LogP) is 2.26. The molecule has 120 valence electrons. The highest BCUT2D eigenvalue weighted by Gasteiger charge is 2.25. The summed E-state index contributed by atoms with van der Waals surface area (Å²) >= 11 is 1.71. The molecule has 0 unspecified atom stereocenters. The Balaban J connectivity index is 1.51. The van der Waals surface area contributed by atoms with E-state index in [1.807, 2.05) is 16.9 Å². The van der Waals surface area contributed by atoms with Crippen molar-refractivity contribution in [3.05, 3.63) is 35.7 Å². The van der Waals surface area contributed by atoms with Gasteiger partial charge in [-0.2, -0.15) is 5.10 Å². The summed E-state index contributed by atoms with van der Waals surface area (Å²) in [5.41, 5.74) is 2.27. The van der Waals surface area contributed by atoms with E-state index in [9.17, 15) is 0 Å². The van der Waals surface area contributed by atoms with Gasteiger partial charge in [0.15, 0.2) is 0 Å². The zero-order valence-corrected chi connectivity index (χ0v) is 13.6. The van der Waals surface area contributed by atoms with E-state index in [-0.39, 0.29) is 6.61 Å². The molecule has 7 heteroatoms. The molecule has 0 radical (unpaired) electrons. The molecule has 1 N–H and O–H groups in total. The van der Waals surface area contributed by atoms with Crippen LogP contribution in [0.1, 0.15) is 24.5 Å². The van der Waals surface area contributed by atoms with Gasteiger partial charge in [-0.15, -0.1) is 11.3 Å². The molecule has 0 atom stereocenters. The Labute approximate surface area is 138 Å². The van der Waals surface area contributed by atoms with E-state index in [0.717, 1.165) is 37.3 Å². The van der Waals surface area contributed by atoms with Gasteiger partial charge in [-0.05, 0) is 30.4 Å². The zero-order chi connectivity index (χ0) is 15.6. The van der Waals surface area contributed by atoms with Crippen LogP contribution in [-0.4, -0.2) is 44.6 Å². The molecule has 0 saturated carbocycles. The Kier molecular flexibility index (Phi) is 3.97. The summed E-state index contributed by atoms with van der Waals surface area (Å²) in [6, 6.07) is 4.13. The molecule has 1 saturated heterocycles. The van der Waals surface area contributed by atoms with E-state index in [1.165, 1.54) is 10.4 Å². The molecule has 0 aliphatic carbocycles. The summed E-state index contributed by atoms with van der Waals surface area (Å²) in [6.45, 7) is 2.67. The number of nitrogens with zero attached hydrogens (tertiary/aromatic N) is 5. The molecular weight excluding hydrogens is 310 g/mol. The lowest BCUT2D eigenvalue weighted by Crippen LogP contribution is -2.34. The summed E-state index contributed by atoms with van der Waals surface area (Å²) in [7, 11) is 0. The lowest BCUT2D eigenvalue weighted by atomic mass is 9.93. The number of aromatic nitrogens is 4. The van der Waals surface area contributed by atoms with Crippen LogP contribution in [0.15, 0.2) is 30.0 Å². The first-order valence-corrected chi connectivity index (χ1v) is 8.80. The van der Waals surface area contributed by atoms with Crippen LogP contribution < -0.4 is 4.90 Å². The molecule has 4 heterocycles. The summed E-state index contributed by atoms with van der Waals surface area (Å²) in [6.07, 6.45) is 5.64. The van der Waals surface area contributed by atoms with Crippen LogP contribution in [0.3, 0.4) is 0 Å². The van der Waals surface area contributed by atoms with Crippen LogP contribution in [0.2, 0.25) is 0 Å². The van der Waals surface area contributed by atoms with Crippen LogP contribution in [0.4, 0.5) is 5.82 Å². The maximum Gasteiger partial charge on any atom is 0.150 e. The van der Waals surface area contributed by atoms with Crippen molar-refractivity contribution in [2.45, 2.75) is 25.3 Å².